The van der Waals surface area contributed by atoms with Crippen LogP contribution in [0, 0.1) is 5.41 Å². The lowest BCUT2D eigenvalue weighted by Crippen LogP contribution is -2.02. The molecule has 130 valence electrons. The number of ether oxygens (including phenoxy) is 1. The quantitative estimate of drug-likeness (QED) is 0.456. The molecule has 0 fully saturated rings. The maximum Gasteiger partial charge on any atom is 0.129 e. The second-order valence-corrected chi connectivity index (χ2v) is 4.85. The van der Waals surface area contributed by atoms with Gasteiger partial charge in [-0.25, -0.2) is 0 Å². The summed E-state index contributed by atoms with van der Waals surface area (Å²) < 4.78 is 5.53. The summed E-state index contributed by atoms with van der Waals surface area (Å²) in [5.41, 5.74) is 10.3. The molecular formula is C20H29N3O. The number of nitrogens with one attached hydrogen (secondary N) is 1. The van der Waals surface area contributed by atoms with Crippen molar-refractivity contribution in [3.05, 3.63) is 65.1 Å². The van der Waals surface area contributed by atoms with Crippen LogP contribution in [-0.4, -0.2) is 26.1 Å². The minimum Gasteiger partial charge on any atom is -0.496 e. The zero-order valence-electron chi connectivity index (χ0n) is 15.6. The predicted octanol–water partition coefficient (Wildman–Crippen LogP) is 4.58. The molecule has 4 heteroatoms. The Morgan fingerprint density at radius 1 is 1.25 bits per heavy atom. The Morgan fingerprint density at radius 2 is 1.83 bits per heavy atom. The topological polar surface area (TPSA) is 71.5 Å². The first-order valence-corrected chi connectivity index (χ1v) is 7.90. The molecule has 0 aliphatic rings. The standard InChI is InChI=1S/C18H23N3O.C2H6/c1-12(15-7-6-8-16(9-15)14(3)20)18(22-5)13(2)17(10-19)11-21-4;1-2/h6-11,20H,1,19H2,2-5H3;1-2H3/b17-10+,18-13-,20-14?,21-11?;. The van der Waals surface area contributed by atoms with E-state index in [0.29, 0.717) is 11.5 Å². The molecule has 0 radical (unpaired) electrons. The highest BCUT2D eigenvalue weighted by atomic mass is 16.5. The van der Waals surface area contributed by atoms with E-state index < -0.39 is 0 Å². The molecule has 0 atom stereocenters. The Kier molecular flexibility index (Phi) is 9.80. The molecule has 0 unspecified atom stereocenters. The molecule has 0 saturated heterocycles. The third-order valence-corrected chi connectivity index (χ3v) is 3.34. The first-order valence-electron chi connectivity index (χ1n) is 7.90. The van der Waals surface area contributed by atoms with Gasteiger partial charge in [0.05, 0.1) is 7.11 Å². The molecule has 0 spiro atoms. The van der Waals surface area contributed by atoms with E-state index in [1.165, 1.54) is 6.20 Å². The van der Waals surface area contributed by atoms with Crippen molar-refractivity contribution in [2.45, 2.75) is 27.7 Å². The van der Waals surface area contributed by atoms with Crippen molar-refractivity contribution in [2.75, 3.05) is 14.2 Å². The van der Waals surface area contributed by atoms with Crippen LogP contribution in [0.5, 0.6) is 0 Å². The summed E-state index contributed by atoms with van der Waals surface area (Å²) in [5, 5.41) is 7.75. The van der Waals surface area contributed by atoms with Gasteiger partial charge in [-0.2, -0.15) is 0 Å². The van der Waals surface area contributed by atoms with Gasteiger partial charge in [0.1, 0.15) is 5.76 Å². The first kappa shape index (κ1) is 21.4. The third-order valence-electron chi connectivity index (χ3n) is 3.34. The number of aliphatic imine (C=N–C) groups is 1. The Morgan fingerprint density at radius 3 is 2.29 bits per heavy atom. The van der Waals surface area contributed by atoms with E-state index in [1.54, 1.807) is 27.3 Å². The largest absolute Gasteiger partial charge is 0.496 e. The van der Waals surface area contributed by atoms with Crippen molar-refractivity contribution >= 4 is 17.5 Å². The molecule has 0 heterocycles. The molecule has 0 aliphatic heterocycles. The van der Waals surface area contributed by atoms with Crippen molar-refractivity contribution in [3.63, 3.8) is 0 Å². The van der Waals surface area contributed by atoms with Crippen molar-refractivity contribution in [1.29, 1.82) is 5.41 Å². The van der Waals surface area contributed by atoms with E-state index in [9.17, 15) is 0 Å². The number of nitrogens with two attached hydrogens (primary N) is 1. The highest BCUT2D eigenvalue weighted by Gasteiger charge is 2.13. The van der Waals surface area contributed by atoms with E-state index in [-0.39, 0.29) is 0 Å². The summed E-state index contributed by atoms with van der Waals surface area (Å²) in [6, 6.07) is 7.68. The fourth-order valence-corrected chi connectivity index (χ4v) is 2.11. The molecule has 1 aromatic rings. The van der Waals surface area contributed by atoms with Crippen LogP contribution >= 0.6 is 0 Å². The first-order chi connectivity index (χ1) is 11.5. The minimum absolute atomic E-state index is 0.509. The smallest absolute Gasteiger partial charge is 0.129 e. The molecule has 3 N–H and O–H groups in total. The van der Waals surface area contributed by atoms with Crippen LogP contribution in [0.15, 0.2) is 58.9 Å². The van der Waals surface area contributed by atoms with Gasteiger partial charge in [-0.15, -0.1) is 0 Å². The van der Waals surface area contributed by atoms with E-state index in [4.69, 9.17) is 15.9 Å². The molecule has 0 saturated carbocycles. The Bertz CT molecular complexity index is 667. The summed E-state index contributed by atoms with van der Waals surface area (Å²) in [7, 11) is 3.29. The third kappa shape index (κ3) is 5.54. The van der Waals surface area contributed by atoms with Gasteiger partial charge < -0.3 is 15.9 Å². The number of rotatable bonds is 6. The van der Waals surface area contributed by atoms with Crippen LogP contribution in [0.25, 0.3) is 5.57 Å². The van der Waals surface area contributed by atoms with Gasteiger partial charge in [0.25, 0.3) is 0 Å². The molecule has 0 aromatic heterocycles. The highest BCUT2D eigenvalue weighted by molar-refractivity contribution is 5.97. The number of hydrogen-bond donors (Lipinski definition) is 2. The Hall–Kier alpha value is -2.62. The summed E-state index contributed by atoms with van der Waals surface area (Å²) in [6.45, 7) is 11.8. The second-order valence-electron chi connectivity index (χ2n) is 4.85. The molecule has 1 aromatic carbocycles. The summed E-state index contributed by atoms with van der Waals surface area (Å²) in [6.07, 6.45) is 3.17. The lowest BCUT2D eigenvalue weighted by Gasteiger charge is -2.15. The van der Waals surface area contributed by atoms with E-state index in [2.05, 4.69) is 11.6 Å². The molecule has 1 rings (SSSR count). The molecule has 24 heavy (non-hydrogen) atoms. The maximum absolute atomic E-state index is 7.75. The minimum atomic E-state index is 0.509. The maximum atomic E-state index is 7.75. The van der Waals surface area contributed by atoms with Crippen molar-refractivity contribution < 1.29 is 4.74 Å². The molecule has 0 aliphatic carbocycles. The Labute approximate surface area is 146 Å². The number of nitrogens with zero attached hydrogens (tertiary/aromatic N) is 1. The molecular weight excluding hydrogens is 298 g/mol. The molecule has 0 bridgehead atoms. The summed E-state index contributed by atoms with van der Waals surface area (Å²) in [5.74, 6) is 0.649. The van der Waals surface area contributed by atoms with Gasteiger partial charge in [-0.3, -0.25) is 4.99 Å². The summed E-state index contributed by atoms with van der Waals surface area (Å²) >= 11 is 0. The zero-order valence-corrected chi connectivity index (χ0v) is 15.6. The normalized spacial score (nSPS) is 12.2. The van der Waals surface area contributed by atoms with Gasteiger partial charge >= 0.3 is 0 Å². The number of allylic oxidation sites excluding steroid dienone is 3. The van der Waals surface area contributed by atoms with Crippen molar-refractivity contribution in [1.82, 2.24) is 0 Å². The zero-order chi connectivity index (χ0) is 18.7. The fraction of sp³-hybridized carbons (Fsp3) is 0.300. The van der Waals surface area contributed by atoms with Gasteiger partial charge in [-0.05, 0) is 31.0 Å². The van der Waals surface area contributed by atoms with Crippen LogP contribution in [0.1, 0.15) is 38.8 Å². The van der Waals surface area contributed by atoms with Crippen LogP contribution in [-0.2, 0) is 4.74 Å². The van der Waals surface area contributed by atoms with Crippen LogP contribution in [0.4, 0.5) is 0 Å². The molecule has 0 amide bonds. The second kappa shape index (κ2) is 11.0. The van der Waals surface area contributed by atoms with E-state index in [0.717, 1.165) is 27.8 Å². The SMILES string of the molecule is C=C(/C(OC)=C(C)/C(C=NC)=C/N)c1cccc(C(C)=N)c1.CC. The van der Waals surface area contributed by atoms with Gasteiger partial charge in [0.2, 0.25) is 0 Å². The van der Waals surface area contributed by atoms with Gasteiger partial charge in [-0.1, -0.05) is 38.6 Å². The number of hydrogen-bond acceptors (Lipinski definition) is 4. The van der Waals surface area contributed by atoms with Gasteiger partial charge in [0, 0.05) is 41.9 Å². The highest BCUT2D eigenvalue weighted by Crippen LogP contribution is 2.27. The Balaban J connectivity index is 0.00000254. The number of methoxy groups -OCH3 is 1. The van der Waals surface area contributed by atoms with Gasteiger partial charge in [0.15, 0.2) is 0 Å². The van der Waals surface area contributed by atoms with Crippen molar-refractivity contribution in [3.8, 4) is 0 Å². The average molecular weight is 327 g/mol. The fourth-order valence-electron chi connectivity index (χ4n) is 2.11. The predicted molar refractivity (Wildman–Crippen MR) is 106 cm³/mol. The average Bonchev–Trinajstić information content (AvgIpc) is 2.61. The lowest BCUT2D eigenvalue weighted by molar-refractivity contribution is 0.307. The number of benzene rings is 1. The molecule has 4 nitrogen and oxygen atoms in total. The van der Waals surface area contributed by atoms with E-state index in [1.807, 2.05) is 45.0 Å². The van der Waals surface area contributed by atoms with Crippen LogP contribution in [0.2, 0.25) is 0 Å². The van der Waals surface area contributed by atoms with Crippen molar-refractivity contribution in [2.24, 2.45) is 10.7 Å². The van der Waals surface area contributed by atoms with E-state index >= 15 is 0 Å². The monoisotopic (exact) mass is 327 g/mol. The lowest BCUT2D eigenvalue weighted by atomic mass is 9.97. The van der Waals surface area contributed by atoms with Crippen LogP contribution < -0.4 is 5.73 Å². The summed E-state index contributed by atoms with van der Waals surface area (Å²) in [4.78, 5) is 3.99. The van der Waals surface area contributed by atoms with Crippen LogP contribution in [0.3, 0.4) is 0 Å².